The zero-order valence-corrected chi connectivity index (χ0v) is 5.92. The van der Waals surface area contributed by atoms with Crippen molar-refractivity contribution in [2.45, 2.75) is 9.42 Å². The van der Waals surface area contributed by atoms with Gasteiger partial charge in [-0.3, -0.25) is 0 Å². The summed E-state index contributed by atoms with van der Waals surface area (Å²) in [5.74, 6) is 0. The normalized spacial score (nSPS) is 16.0. The molecule has 0 saturated carbocycles. The van der Waals surface area contributed by atoms with Crippen LogP contribution in [0.25, 0.3) is 0 Å². The number of thiol groups is 1. The zero-order valence-electron chi connectivity index (χ0n) is 3.02. The van der Waals surface area contributed by atoms with E-state index in [-0.39, 0.29) is 0 Å². The van der Waals surface area contributed by atoms with E-state index in [0.29, 0.717) is 2.50 Å². The third-order valence-electron chi connectivity index (χ3n) is 0. The van der Waals surface area contributed by atoms with Gasteiger partial charge in [-0.05, 0) is 0 Å². The first kappa shape index (κ1) is 5.35. The molecule has 0 radical (unpaired) electrons. The molecule has 0 aromatic heterocycles. The van der Waals surface area contributed by atoms with Gasteiger partial charge in [0.25, 0.3) is 0 Å². The SMILES string of the molecule is C[CH]([Na])S. The van der Waals surface area contributed by atoms with Gasteiger partial charge < -0.3 is 0 Å². The van der Waals surface area contributed by atoms with Crippen LogP contribution in [0.1, 0.15) is 6.92 Å². The van der Waals surface area contributed by atoms with Crippen LogP contribution in [0.5, 0.6) is 0 Å². The average Bonchev–Trinajstić information content (AvgIpc) is 0.811. The van der Waals surface area contributed by atoms with Crippen LogP contribution in [-0.2, 0) is 0 Å². The van der Waals surface area contributed by atoms with Crippen molar-refractivity contribution in [3.8, 4) is 0 Å². The Kier molecular flexibility index (Phi) is 3.45. The molecule has 0 amide bonds. The van der Waals surface area contributed by atoms with Crippen molar-refractivity contribution in [3.63, 3.8) is 0 Å². The molecular weight excluding hydrogens is 79.1 g/mol. The summed E-state index contributed by atoms with van der Waals surface area (Å²) in [6, 6.07) is 0. The second kappa shape index (κ2) is 2.58. The van der Waals surface area contributed by atoms with Crippen LogP contribution < -0.4 is 0 Å². The predicted molar refractivity (Wildman–Crippen MR) is 24.2 cm³/mol. The van der Waals surface area contributed by atoms with Gasteiger partial charge in [-0.15, -0.1) is 0 Å². The Morgan fingerprint density at radius 2 is 2.00 bits per heavy atom. The van der Waals surface area contributed by atoms with E-state index >= 15 is 0 Å². The summed E-state index contributed by atoms with van der Waals surface area (Å²) in [7, 11) is 0. The van der Waals surface area contributed by atoms with E-state index in [1.54, 1.807) is 0 Å². The predicted octanol–water partition coefficient (Wildman–Crippen LogP) is 0.431. The van der Waals surface area contributed by atoms with Crippen molar-refractivity contribution < 1.29 is 0 Å². The molecule has 0 saturated heterocycles. The third-order valence-corrected chi connectivity index (χ3v) is 0. The molecule has 2 heteroatoms. The molecule has 4 heavy (non-hydrogen) atoms. The number of hydrogen-bond donors (Lipinski definition) is 1. The molecule has 0 aromatic rings. The Morgan fingerprint density at radius 3 is 2.00 bits per heavy atom. The van der Waals surface area contributed by atoms with E-state index < -0.39 is 0 Å². The summed E-state index contributed by atoms with van der Waals surface area (Å²) in [6.07, 6.45) is 0. The Hall–Kier alpha value is 1.35. The van der Waals surface area contributed by atoms with Crippen LogP contribution in [0, 0.1) is 0 Å². The fourth-order valence-electron chi connectivity index (χ4n) is 0. The molecular formula is C2H5NaS. The van der Waals surface area contributed by atoms with E-state index in [4.69, 9.17) is 0 Å². The first-order chi connectivity index (χ1) is 1.73. The minimum atomic E-state index is 0.667. The molecule has 0 aliphatic rings. The summed E-state index contributed by atoms with van der Waals surface area (Å²) in [4.78, 5) is 0. The second-order valence-corrected chi connectivity index (χ2v) is 4.83. The minimum absolute atomic E-state index is 0.667. The monoisotopic (exact) mass is 84.0 g/mol. The standard InChI is InChI=1S/C2H5S.Na/c1-2-3;/h2-3H,1H3;. The maximum atomic E-state index is 4.03. The van der Waals surface area contributed by atoms with Crippen LogP contribution in [0.15, 0.2) is 0 Å². The number of rotatable bonds is 0. The van der Waals surface area contributed by atoms with Crippen molar-refractivity contribution in [1.29, 1.82) is 0 Å². The topological polar surface area (TPSA) is 0 Å². The summed E-state index contributed by atoms with van der Waals surface area (Å²) in [6.45, 7) is 2.09. The van der Waals surface area contributed by atoms with Gasteiger partial charge in [-0.2, -0.15) is 0 Å². The Bertz CT molecular complexity index is 10.8. The Labute approximate surface area is 49.8 Å². The number of hydrogen-bond acceptors (Lipinski definition) is 1. The van der Waals surface area contributed by atoms with Gasteiger partial charge in [0, 0.05) is 0 Å². The summed E-state index contributed by atoms with van der Waals surface area (Å²) in [5, 5.41) is 0. The van der Waals surface area contributed by atoms with E-state index in [2.05, 4.69) is 19.6 Å². The molecule has 20 valence electrons. The van der Waals surface area contributed by atoms with Gasteiger partial charge in [0.15, 0.2) is 0 Å². The first-order valence-corrected chi connectivity index (χ1v) is 3.08. The third kappa shape index (κ3) is 10.2. The Morgan fingerprint density at radius 1 is 2.00 bits per heavy atom. The fourth-order valence-corrected chi connectivity index (χ4v) is 0. The molecule has 0 spiro atoms. The van der Waals surface area contributed by atoms with Crippen molar-refractivity contribution in [1.82, 2.24) is 0 Å². The van der Waals surface area contributed by atoms with Crippen LogP contribution in [0.4, 0.5) is 0 Å². The maximum absolute atomic E-state index is 4.03. The van der Waals surface area contributed by atoms with Crippen molar-refractivity contribution in [2.24, 2.45) is 0 Å². The molecule has 0 N–H and O–H groups in total. The van der Waals surface area contributed by atoms with Crippen LogP contribution in [0.2, 0.25) is 0 Å². The van der Waals surface area contributed by atoms with E-state index in [1.165, 1.54) is 27.9 Å². The van der Waals surface area contributed by atoms with Gasteiger partial charge in [0.2, 0.25) is 0 Å². The van der Waals surface area contributed by atoms with Crippen LogP contribution in [0.3, 0.4) is 0 Å². The molecule has 0 heterocycles. The molecule has 0 aliphatic heterocycles. The summed E-state index contributed by atoms with van der Waals surface area (Å²) < 4.78 is 0.667. The summed E-state index contributed by atoms with van der Waals surface area (Å²) in [5.41, 5.74) is 0. The Balaban J connectivity index is 2.32. The fraction of sp³-hybridized carbons (Fsp3) is 1.00. The van der Waals surface area contributed by atoms with Gasteiger partial charge >= 0.3 is 50.0 Å². The van der Waals surface area contributed by atoms with Crippen LogP contribution >= 0.6 is 12.6 Å². The molecule has 0 fully saturated rings. The first-order valence-electron chi connectivity index (χ1n) is 1.41. The molecule has 0 nitrogen and oxygen atoms in total. The zero-order chi connectivity index (χ0) is 3.58. The van der Waals surface area contributed by atoms with Crippen LogP contribution in [-0.4, -0.2) is 30.4 Å². The summed E-state index contributed by atoms with van der Waals surface area (Å²) >= 11 is 5.24. The van der Waals surface area contributed by atoms with Crippen molar-refractivity contribution in [3.05, 3.63) is 0 Å². The van der Waals surface area contributed by atoms with E-state index in [9.17, 15) is 0 Å². The molecule has 1 unspecified atom stereocenters. The average molecular weight is 84.1 g/mol. The van der Waals surface area contributed by atoms with Gasteiger partial charge in [-0.25, -0.2) is 0 Å². The molecule has 0 aliphatic carbocycles. The molecule has 0 rings (SSSR count). The van der Waals surface area contributed by atoms with Gasteiger partial charge in [-0.1, -0.05) is 0 Å². The quantitative estimate of drug-likeness (QED) is 0.319. The van der Waals surface area contributed by atoms with E-state index in [1.807, 2.05) is 0 Å². The van der Waals surface area contributed by atoms with Crippen molar-refractivity contribution >= 4 is 40.6 Å². The molecule has 0 aromatic carbocycles. The van der Waals surface area contributed by atoms with Gasteiger partial charge in [0.05, 0.1) is 0 Å². The van der Waals surface area contributed by atoms with Crippen molar-refractivity contribution in [2.75, 3.05) is 0 Å². The second-order valence-electron chi connectivity index (χ2n) is 1.09. The molecule has 0 bridgehead atoms. The molecule has 1 atom stereocenters. The van der Waals surface area contributed by atoms with E-state index in [0.717, 1.165) is 0 Å². The van der Waals surface area contributed by atoms with Gasteiger partial charge in [0.1, 0.15) is 0 Å².